The average Bonchev–Trinajstić information content (AvgIpc) is 2.38. The molecule has 0 saturated heterocycles. The SMILES string of the molecule is CCCCCC(CC)Oc1ccccc1CC. The smallest absolute Gasteiger partial charge is 0.122 e. The zero-order valence-electron chi connectivity index (χ0n) is 11.5. The first-order valence-corrected chi connectivity index (χ1v) is 7.06. The Labute approximate surface area is 106 Å². The van der Waals surface area contributed by atoms with Gasteiger partial charge in [-0.1, -0.05) is 51.8 Å². The second-order valence-electron chi connectivity index (χ2n) is 4.61. The summed E-state index contributed by atoms with van der Waals surface area (Å²) < 4.78 is 6.13. The van der Waals surface area contributed by atoms with Crippen LogP contribution >= 0.6 is 0 Å². The molecule has 1 aromatic carbocycles. The lowest BCUT2D eigenvalue weighted by Gasteiger charge is -2.19. The number of hydrogen-bond donors (Lipinski definition) is 0. The quantitative estimate of drug-likeness (QED) is 0.576. The largest absolute Gasteiger partial charge is 0.490 e. The highest BCUT2D eigenvalue weighted by atomic mass is 16.5. The fourth-order valence-corrected chi connectivity index (χ4v) is 2.06. The van der Waals surface area contributed by atoms with Gasteiger partial charge in [0.1, 0.15) is 5.75 Å². The standard InChI is InChI=1S/C16H26O/c1-4-7-8-12-15(6-3)17-16-13-10-9-11-14(16)5-2/h9-11,13,15H,4-8,12H2,1-3H3. The lowest BCUT2D eigenvalue weighted by molar-refractivity contribution is 0.181. The summed E-state index contributed by atoms with van der Waals surface area (Å²) in [5.41, 5.74) is 1.32. The lowest BCUT2D eigenvalue weighted by atomic mass is 10.1. The van der Waals surface area contributed by atoms with Crippen molar-refractivity contribution in [1.82, 2.24) is 0 Å². The van der Waals surface area contributed by atoms with E-state index in [1.54, 1.807) is 0 Å². The zero-order valence-corrected chi connectivity index (χ0v) is 11.5. The lowest BCUT2D eigenvalue weighted by Crippen LogP contribution is -2.16. The van der Waals surface area contributed by atoms with Gasteiger partial charge in [0.2, 0.25) is 0 Å². The number of hydrogen-bond acceptors (Lipinski definition) is 1. The van der Waals surface area contributed by atoms with Crippen LogP contribution in [0.5, 0.6) is 5.75 Å². The molecule has 0 heterocycles. The number of aryl methyl sites for hydroxylation is 1. The summed E-state index contributed by atoms with van der Waals surface area (Å²) in [5, 5.41) is 0. The molecule has 0 spiro atoms. The molecule has 1 rings (SSSR count). The number of benzene rings is 1. The molecule has 1 aromatic rings. The van der Waals surface area contributed by atoms with Crippen LogP contribution in [0, 0.1) is 0 Å². The normalized spacial score (nSPS) is 12.4. The van der Waals surface area contributed by atoms with Gasteiger partial charge in [-0.15, -0.1) is 0 Å². The van der Waals surface area contributed by atoms with Crippen molar-refractivity contribution >= 4 is 0 Å². The molecule has 1 unspecified atom stereocenters. The first kappa shape index (κ1) is 14.1. The molecule has 0 aromatic heterocycles. The summed E-state index contributed by atoms with van der Waals surface area (Å²) in [4.78, 5) is 0. The van der Waals surface area contributed by atoms with Crippen LogP contribution in [-0.2, 0) is 6.42 Å². The van der Waals surface area contributed by atoms with E-state index in [1.807, 2.05) is 0 Å². The topological polar surface area (TPSA) is 9.23 Å². The van der Waals surface area contributed by atoms with E-state index in [1.165, 1.54) is 31.2 Å². The van der Waals surface area contributed by atoms with Gasteiger partial charge < -0.3 is 4.74 Å². The minimum absolute atomic E-state index is 0.384. The third kappa shape index (κ3) is 4.80. The molecule has 96 valence electrons. The van der Waals surface area contributed by atoms with Crippen molar-refractivity contribution in [2.24, 2.45) is 0 Å². The molecule has 0 N–H and O–H groups in total. The minimum Gasteiger partial charge on any atom is -0.490 e. The second kappa shape index (κ2) is 8.16. The molecule has 1 atom stereocenters. The van der Waals surface area contributed by atoms with Crippen LogP contribution < -0.4 is 4.74 Å². The summed E-state index contributed by atoms with van der Waals surface area (Å²) in [5.74, 6) is 1.08. The number of ether oxygens (including phenoxy) is 1. The first-order chi connectivity index (χ1) is 8.31. The van der Waals surface area contributed by atoms with E-state index in [2.05, 4.69) is 45.0 Å². The number of para-hydroxylation sites is 1. The molecular weight excluding hydrogens is 208 g/mol. The average molecular weight is 234 g/mol. The van der Waals surface area contributed by atoms with E-state index < -0.39 is 0 Å². The van der Waals surface area contributed by atoms with E-state index in [9.17, 15) is 0 Å². The Morgan fingerprint density at radius 1 is 1.06 bits per heavy atom. The van der Waals surface area contributed by atoms with Crippen molar-refractivity contribution in [3.63, 3.8) is 0 Å². The summed E-state index contributed by atoms with van der Waals surface area (Å²) in [6, 6.07) is 8.41. The Bertz CT molecular complexity index is 306. The van der Waals surface area contributed by atoms with Crippen LogP contribution in [0.3, 0.4) is 0 Å². The summed E-state index contributed by atoms with van der Waals surface area (Å²) >= 11 is 0. The molecule has 1 nitrogen and oxygen atoms in total. The van der Waals surface area contributed by atoms with E-state index >= 15 is 0 Å². The zero-order chi connectivity index (χ0) is 12.5. The van der Waals surface area contributed by atoms with Crippen LogP contribution in [0.25, 0.3) is 0 Å². The molecule has 0 aliphatic carbocycles. The number of unbranched alkanes of at least 4 members (excludes halogenated alkanes) is 2. The molecule has 0 aliphatic rings. The third-order valence-electron chi connectivity index (χ3n) is 3.23. The van der Waals surface area contributed by atoms with Crippen molar-refractivity contribution in [2.45, 2.75) is 65.4 Å². The molecule has 0 bridgehead atoms. The maximum Gasteiger partial charge on any atom is 0.122 e. The van der Waals surface area contributed by atoms with Gasteiger partial charge in [-0.05, 0) is 37.3 Å². The van der Waals surface area contributed by atoms with Crippen molar-refractivity contribution in [3.8, 4) is 5.75 Å². The Morgan fingerprint density at radius 2 is 1.82 bits per heavy atom. The van der Waals surface area contributed by atoms with Crippen molar-refractivity contribution in [2.75, 3.05) is 0 Å². The van der Waals surface area contributed by atoms with Gasteiger partial charge in [0.15, 0.2) is 0 Å². The predicted octanol–water partition coefficient (Wildman–Crippen LogP) is 4.99. The Hall–Kier alpha value is -0.980. The van der Waals surface area contributed by atoms with Gasteiger partial charge in [-0.25, -0.2) is 0 Å². The van der Waals surface area contributed by atoms with Crippen molar-refractivity contribution in [3.05, 3.63) is 29.8 Å². The highest BCUT2D eigenvalue weighted by Gasteiger charge is 2.09. The second-order valence-corrected chi connectivity index (χ2v) is 4.61. The summed E-state index contributed by atoms with van der Waals surface area (Å²) in [7, 11) is 0. The molecule has 0 fully saturated rings. The maximum absolute atomic E-state index is 6.13. The van der Waals surface area contributed by atoms with Crippen LogP contribution in [0.15, 0.2) is 24.3 Å². The van der Waals surface area contributed by atoms with Gasteiger partial charge in [-0.3, -0.25) is 0 Å². The predicted molar refractivity (Wildman–Crippen MR) is 74.7 cm³/mol. The monoisotopic (exact) mass is 234 g/mol. The highest BCUT2D eigenvalue weighted by molar-refractivity contribution is 5.33. The molecule has 0 amide bonds. The van der Waals surface area contributed by atoms with Crippen LogP contribution in [0.4, 0.5) is 0 Å². The molecule has 0 radical (unpaired) electrons. The summed E-state index contributed by atoms with van der Waals surface area (Å²) in [6.45, 7) is 6.64. The Morgan fingerprint density at radius 3 is 2.47 bits per heavy atom. The molecule has 17 heavy (non-hydrogen) atoms. The third-order valence-corrected chi connectivity index (χ3v) is 3.23. The van der Waals surface area contributed by atoms with Gasteiger partial charge in [0.05, 0.1) is 6.10 Å². The van der Waals surface area contributed by atoms with Crippen LogP contribution in [0.1, 0.15) is 58.4 Å². The summed E-state index contributed by atoms with van der Waals surface area (Å²) in [6.07, 6.45) is 7.58. The van der Waals surface area contributed by atoms with E-state index in [-0.39, 0.29) is 0 Å². The maximum atomic E-state index is 6.13. The number of rotatable bonds is 8. The molecule has 0 aliphatic heterocycles. The fourth-order valence-electron chi connectivity index (χ4n) is 2.06. The van der Waals surface area contributed by atoms with Crippen LogP contribution in [-0.4, -0.2) is 6.10 Å². The molecule has 1 heteroatoms. The van der Waals surface area contributed by atoms with E-state index in [4.69, 9.17) is 4.74 Å². The van der Waals surface area contributed by atoms with Gasteiger partial charge in [0, 0.05) is 0 Å². The van der Waals surface area contributed by atoms with Gasteiger partial charge >= 0.3 is 0 Å². The first-order valence-electron chi connectivity index (χ1n) is 7.06. The van der Waals surface area contributed by atoms with Crippen molar-refractivity contribution in [1.29, 1.82) is 0 Å². The highest BCUT2D eigenvalue weighted by Crippen LogP contribution is 2.22. The Balaban J connectivity index is 2.54. The van der Waals surface area contributed by atoms with Crippen molar-refractivity contribution < 1.29 is 4.74 Å². The Kier molecular flexibility index (Phi) is 6.76. The van der Waals surface area contributed by atoms with Gasteiger partial charge in [0.25, 0.3) is 0 Å². The van der Waals surface area contributed by atoms with Crippen LogP contribution in [0.2, 0.25) is 0 Å². The van der Waals surface area contributed by atoms with E-state index in [0.717, 1.165) is 18.6 Å². The molecular formula is C16H26O. The van der Waals surface area contributed by atoms with E-state index in [0.29, 0.717) is 6.10 Å². The van der Waals surface area contributed by atoms with Gasteiger partial charge in [-0.2, -0.15) is 0 Å². The molecule has 0 saturated carbocycles. The fraction of sp³-hybridized carbons (Fsp3) is 0.625. The minimum atomic E-state index is 0.384.